The Labute approximate surface area is 138 Å². The molecule has 122 valence electrons. The number of amides is 1. The van der Waals surface area contributed by atoms with Gasteiger partial charge in [-0.3, -0.25) is 9.89 Å². The molecule has 0 aliphatic heterocycles. The summed E-state index contributed by atoms with van der Waals surface area (Å²) in [6.45, 7) is 5.35. The summed E-state index contributed by atoms with van der Waals surface area (Å²) in [5.41, 5.74) is 3.23. The quantitative estimate of drug-likeness (QED) is 0.770. The van der Waals surface area contributed by atoms with Crippen molar-refractivity contribution in [3.05, 3.63) is 64.7 Å². The van der Waals surface area contributed by atoms with Crippen LogP contribution in [0.5, 0.6) is 0 Å². The van der Waals surface area contributed by atoms with Crippen LogP contribution in [0.25, 0.3) is 11.4 Å². The SMILES string of the molecule is Cc1nc(-c2ccc(C)c(NC(=O)c3ccc(F)c(C)c3)c2)n[nH]1. The highest BCUT2D eigenvalue weighted by Crippen LogP contribution is 2.24. The number of rotatable bonds is 3. The predicted octanol–water partition coefficient (Wildman–Crippen LogP) is 3.79. The predicted molar refractivity (Wildman–Crippen MR) is 90.4 cm³/mol. The van der Waals surface area contributed by atoms with E-state index in [9.17, 15) is 9.18 Å². The van der Waals surface area contributed by atoms with Gasteiger partial charge in [-0.05, 0) is 56.2 Å². The zero-order valence-corrected chi connectivity index (χ0v) is 13.6. The van der Waals surface area contributed by atoms with E-state index in [1.807, 2.05) is 32.0 Å². The van der Waals surface area contributed by atoms with Gasteiger partial charge < -0.3 is 5.32 Å². The summed E-state index contributed by atoms with van der Waals surface area (Å²) < 4.78 is 13.3. The van der Waals surface area contributed by atoms with Crippen molar-refractivity contribution in [2.24, 2.45) is 0 Å². The van der Waals surface area contributed by atoms with Gasteiger partial charge in [-0.25, -0.2) is 9.37 Å². The molecule has 0 aliphatic carbocycles. The number of H-pyrrole nitrogens is 1. The maximum absolute atomic E-state index is 13.3. The molecule has 3 rings (SSSR count). The van der Waals surface area contributed by atoms with Crippen molar-refractivity contribution >= 4 is 11.6 Å². The molecule has 0 bridgehead atoms. The van der Waals surface area contributed by atoms with E-state index in [0.29, 0.717) is 22.6 Å². The van der Waals surface area contributed by atoms with E-state index in [0.717, 1.165) is 17.0 Å². The molecule has 0 fully saturated rings. The Balaban J connectivity index is 1.88. The lowest BCUT2D eigenvalue weighted by atomic mass is 10.1. The highest BCUT2D eigenvalue weighted by Gasteiger charge is 2.12. The topological polar surface area (TPSA) is 70.7 Å². The van der Waals surface area contributed by atoms with Crippen molar-refractivity contribution in [3.8, 4) is 11.4 Å². The van der Waals surface area contributed by atoms with Crippen LogP contribution in [0, 0.1) is 26.6 Å². The number of aryl methyl sites for hydroxylation is 3. The van der Waals surface area contributed by atoms with E-state index in [1.165, 1.54) is 18.2 Å². The summed E-state index contributed by atoms with van der Waals surface area (Å²) >= 11 is 0. The maximum Gasteiger partial charge on any atom is 0.255 e. The minimum absolute atomic E-state index is 0.287. The first-order valence-corrected chi connectivity index (χ1v) is 7.51. The van der Waals surface area contributed by atoms with Crippen LogP contribution in [-0.4, -0.2) is 21.1 Å². The van der Waals surface area contributed by atoms with Crippen molar-refractivity contribution in [1.29, 1.82) is 0 Å². The van der Waals surface area contributed by atoms with Crippen LogP contribution in [0.4, 0.5) is 10.1 Å². The van der Waals surface area contributed by atoms with Gasteiger partial charge in [0.05, 0.1) is 0 Å². The first kappa shape index (κ1) is 15.9. The second-order valence-corrected chi connectivity index (χ2v) is 5.69. The fraction of sp³-hybridized carbons (Fsp3) is 0.167. The van der Waals surface area contributed by atoms with Crippen molar-refractivity contribution in [2.75, 3.05) is 5.32 Å². The summed E-state index contributed by atoms with van der Waals surface area (Å²) in [6, 6.07) is 9.91. The van der Waals surface area contributed by atoms with E-state index in [4.69, 9.17) is 0 Å². The standard InChI is InChI=1S/C18H17FN4O/c1-10-4-5-13(17-20-12(3)22-23-17)9-16(10)21-18(24)14-6-7-15(19)11(2)8-14/h4-9H,1-3H3,(H,21,24)(H,20,22,23). The van der Waals surface area contributed by atoms with Crippen molar-refractivity contribution in [3.63, 3.8) is 0 Å². The van der Waals surface area contributed by atoms with Gasteiger partial charge in [-0.15, -0.1) is 0 Å². The molecule has 2 N–H and O–H groups in total. The minimum atomic E-state index is -0.329. The number of carbonyl (C=O) groups excluding carboxylic acids is 1. The Kier molecular flexibility index (Phi) is 4.12. The van der Waals surface area contributed by atoms with Crippen molar-refractivity contribution in [1.82, 2.24) is 15.2 Å². The Bertz CT molecular complexity index is 917. The highest BCUT2D eigenvalue weighted by atomic mass is 19.1. The molecule has 0 atom stereocenters. The van der Waals surface area contributed by atoms with E-state index in [2.05, 4.69) is 20.5 Å². The molecule has 3 aromatic rings. The summed E-state index contributed by atoms with van der Waals surface area (Å²) in [5, 5.41) is 9.78. The number of nitrogens with one attached hydrogen (secondary N) is 2. The fourth-order valence-corrected chi connectivity index (χ4v) is 2.35. The largest absolute Gasteiger partial charge is 0.322 e. The third-order valence-corrected chi connectivity index (χ3v) is 3.76. The molecule has 1 aromatic heterocycles. The number of carbonyl (C=O) groups is 1. The molecule has 0 saturated heterocycles. The molecule has 0 radical (unpaired) electrons. The maximum atomic E-state index is 13.3. The summed E-state index contributed by atoms with van der Waals surface area (Å²) in [4.78, 5) is 16.7. The van der Waals surface area contributed by atoms with Crippen LogP contribution in [0.15, 0.2) is 36.4 Å². The zero-order valence-electron chi connectivity index (χ0n) is 13.6. The first-order valence-electron chi connectivity index (χ1n) is 7.51. The van der Waals surface area contributed by atoms with Gasteiger partial charge in [-0.2, -0.15) is 5.10 Å². The zero-order chi connectivity index (χ0) is 17.3. The molecule has 5 nitrogen and oxygen atoms in total. The first-order chi connectivity index (χ1) is 11.4. The highest BCUT2D eigenvalue weighted by molar-refractivity contribution is 6.05. The van der Waals surface area contributed by atoms with Crippen LogP contribution in [0.1, 0.15) is 27.3 Å². The molecule has 1 heterocycles. The lowest BCUT2D eigenvalue weighted by Gasteiger charge is -2.10. The molecule has 0 spiro atoms. The smallest absolute Gasteiger partial charge is 0.255 e. The average molecular weight is 324 g/mol. The summed E-state index contributed by atoms with van der Waals surface area (Å²) in [7, 11) is 0. The van der Waals surface area contributed by atoms with Crippen LogP contribution in [0.2, 0.25) is 0 Å². The Morgan fingerprint density at radius 2 is 1.88 bits per heavy atom. The van der Waals surface area contributed by atoms with E-state index in [-0.39, 0.29) is 11.7 Å². The van der Waals surface area contributed by atoms with Gasteiger partial charge in [0.15, 0.2) is 5.82 Å². The second kappa shape index (κ2) is 6.23. The van der Waals surface area contributed by atoms with Crippen molar-refractivity contribution in [2.45, 2.75) is 20.8 Å². The van der Waals surface area contributed by atoms with Gasteiger partial charge in [-0.1, -0.05) is 12.1 Å². The lowest BCUT2D eigenvalue weighted by Crippen LogP contribution is -2.13. The van der Waals surface area contributed by atoms with Gasteiger partial charge in [0.25, 0.3) is 5.91 Å². The minimum Gasteiger partial charge on any atom is -0.322 e. The van der Waals surface area contributed by atoms with Gasteiger partial charge in [0.2, 0.25) is 0 Å². The summed E-state index contributed by atoms with van der Waals surface area (Å²) in [5.74, 6) is 0.674. The third-order valence-electron chi connectivity index (χ3n) is 3.76. The third kappa shape index (κ3) is 3.17. The van der Waals surface area contributed by atoms with E-state index >= 15 is 0 Å². The number of hydrogen-bond donors (Lipinski definition) is 2. The molecular weight excluding hydrogens is 307 g/mol. The van der Waals surface area contributed by atoms with E-state index < -0.39 is 0 Å². The number of hydrogen-bond acceptors (Lipinski definition) is 3. The van der Waals surface area contributed by atoms with Gasteiger partial charge >= 0.3 is 0 Å². The molecule has 2 aromatic carbocycles. The van der Waals surface area contributed by atoms with Crippen LogP contribution >= 0.6 is 0 Å². The van der Waals surface area contributed by atoms with E-state index in [1.54, 1.807) is 6.92 Å². The number of benzene rings is 2. The monoisotopic (exact) mass is 324 g/mol. The van der Waals surface area contributed by atoms with Crippen LogP contribution in [0.3, 0.4) is 0 Å². The Morgan fingerprint density at radius 1 is 1.08 bits per heavy atom. The second-order valence-electron chi connectivity index (χ2n) is 5.69. The molecule has 0 unspecified atom stereocenters. The molecular formula is C18H17FN4O. The van der Waals surface area contributed by atoms with Crippen LogP contribution in [-0.2, 0) is 0 Å². The number of nitrogens with zero attached hydrogens (tertiary/aromatic N) is 2. The fourth-order valence-electron chi connectivity index (χ4n) is 2.35. The lowest BCUT2D eigenvalue weighted by molar-refractivity contribution is 0.102. The Hall–Kier alpha value is -3.02. The van der Waals surface area contributed by atoms with Crippen LogP contribution < -0.4 is 5.32 Å². The number of aromatic nitrogens is 3. The molecule has 0 aliphatic rings. The van der Waals surface area contributed by atoms with Gasteiger partial charge in [0.1, 0.15) is 11.6 Å². The normalized spacial score (nSPS) is 10.7. The number of anilines is 1. The Morgan fingerprint density at radius 3 is 2.54 bits per heavy atom. The molecule has 1 amide bonds. The summed E-state index contributed by atoms with van der Waals surface area (Å²) in [6.07, 6.45) is 0. The van der Waals surface area contributed by atoms with Gasteiger partial charge in [0, 0.05) is 16.8 Å². The van der Waals surface area contributed by atoms with Crippen molar-refractivity contribution < 1.29 is 9.18 Å². The molecule has 0 saturated carbocycles. The molecule has 6 heteroatoms. The molecule has 24 heavy (non-hydrogen) atoms. The number of halogens is 1. The number of aromatic amines is 1. The average Bonchev–Trinajstić information content (AvgIpc) is 2.98.